The summed E-state index contributed by atoms with van der Waals surface area (Å²) in [5, 5.41) is 2.89. The summed E-state index contributed by atoms with van der Waals surface area (Å²) in [7, 11) is 3.83. The number of anilines is 2. The number of rotatable bonds is 9. The SMILES string of the molecule is CN(C)c1ccc(NC(=O)C(c2cccc(F)c2)N(Cc2ccc(F)cc2)C(=O)Cc2ccccc2)cc1. The van der Waals surface area contributed by atoms with Gasteiger partial charge in [0.2, 0.25) is 5.91 Å². The van der Waals surface area contributed by atoms with Crippen molar-refractivity contribution < 1.29 is 18.4 Å². The Morgan fingerprint density at radius 2 is 1.45 bits per heavy atom. The van der Waals surface area contributed by atoms with Gasteiger partial charge in [0.05, 0.1) is 6.42 Å². The minimum Gasteiger partial charge on any atom is -0.378 e. The van der Waals surface area contributed by atoms with E-state index in [1.54, 1.807) is 30.3 Å². The van der Waals surface area contributed by atoms with E-state index in [9.17, 15) is 18.4 Å². The summed E-state index contributed by atoms with van der Waals surface area (Å²) in [6, 6.07) is 26.7. The fourth-order valence-corrected chi connectivity index (χ4v) is 4.19. The molecule has 1 unspecified atom stereocenters. The molecule has 0 saturated carbocycles. The first-order chi connectivity index (χ1) is 18.3. The second-order valence-electron chi connectivity index (χ2n) is 9.20. The summed E-state index contributed by atoms with van der Waals surface area (Å²) >= 11 is 0. The number of nitrogens with zero attached hydrogens (tertiary/aromatic N) is 2. The normalized spacial score (nSPS) is 11.5. The molecule has 4 aromatic rings. The van der Waals surface area contributed by atoms with Crippen molar-refractivity contribution in [3.8, 4) is 0 Å². The van der Waals surface area contributed by atoms with Gasteiger partial charge in [-0.3, -0.25) is 9.59 Å². The van der Waals surface area contributed by atoms with E-state index in [0.717, 1.165) is 11.3 Å². The molecule has 1 N–H and O–H groups in total. The smallest absolute Gasteiger partial charge is 0.251 e. The first-order valence-electron chi connectivity index (χ1n) is 12.2. The van der Waals surface area contributed by atoms with Crippen molar-refractivity contribution in [2.75, 3.05) is 24.3 Å². The van der Waals surface area contributed by atoms with Crippen LogP contribution in [0.25, 0.3) is 0 Å². The Balaban J connectivity index is 1.72. The van der Waals surface area contributed by atoms with Crippen LogP contribution in [0.15, 0.2) is 103 Å². The van der Waals surface area contributed by atoms with Crippen LogP contribution < -0.4 is 10.2 Å². The molecule has 2 amide bonds. The molecule has 5 nitrogen and oxygen atoms in total. The third-order valence-electron chi connectivity index (χ3n) is 6.16. The summed E-state index contributed by atoms with van der Waals surface area (Å²) in [5.41, 5.74) is 3.24. The van der Waals surface area contributed by atoms with Crippen LogP contribution in [-0.2, 0) is 22.6 Å². The van der Waals surface area contributed by atoms with E-state index >= 15 is 0 Å². The summed E-state index contributed by atoms with van der Waals surface area (Å²) < 4.78 is 27.9. The van der Waals surface area contributed by atoms with Crippen LogP contribution in [0.3, 0.4) is 0 Å². The molecule has 0 bridgehead atoms. The van der Waals surface area contributed by atoms with Crippen molar-refractivity contribution in [1.29, 1.82) is 0 Å². The highest BCUT2D eigenvalue weighted by Gasteiger charge is 2.32. The second kappa shape index (κ2) is 12.1. The van der Waals surface area contributed by atoms with Gasteiger partial charge in [0.15, 0.2) is 0 Å². The van der Waals surface area contributed by atoms with Gasteiger partial charge in [-0.2, -0.15) is 0 Å². The Morgan fingerprint density at radius 1 is 0.763 bits per heavy atom. The maximum atomic E-state index is 14.3. The van der Waals surface area contributed by atoms with E-state index in [0.29, 0.717) is 16.8 Å². The fraction of sp³-hybridized carbons (Fsp3) is 0.161. The van der Waals surface area contributed by atoms with Gasteiger partial charge in [-0.1, -0.05) is 54.6 Å². The second-order valence-corrected chi connectivity index (χ2v) is 9.20. The van der Waals surface area contributed by atoms with Gasteiger partial charge in [0, 0.05) is 32.0 Å². The predicted octanol–water partition coefficient (Wildman–Crippen LogP) is 5.98. The maximum Gasteiger partial charge on any atom is 0.251 e. The highest BCUT2D eigenvalue weighted by molar-refractivity contribution is 5.98. The third-order valence-corrected chi connectivity index (χ3v) is 6.16. The summed E-state index contributed by atoms with van der Waals surface area (Å²) in [5.74, 6) is -1.74. The molecule has 4 aromatic carbocycles. The van der Waals surface area contributed by atoms with Gasteiger partial charge >= 0.3 is 0 Å². The van der Waals surface area contributed by atoms with Crippen molar-refractivity contribution >= 4 is 23.2 Å². The number of carbonyl (C=O) groups excluding carboxylic acids is 2. The van der Waals surface area contributed by atoms with E-state index in [1.165, 1.54) is 35.2 Å². The minimum absolute atomic E-state index is 0.0279. The van der Waals surface area contributed by atoms with Gasteiger partial charge in [-0.25, -0.2) is 8.78 Å². The molecule has 0 heterocycles. The highest BCUT2D eigenvalue weighted by Crippen LogP contribution is 2.27. The number of hydrogen-bond acceptors (Lipinski definition) is 3. The molecule has 4 rings (SSSR count). The maximum absolute atomic E-state index is 14.3. The minimum atomic E-state index is -1.14. The van der Waals surface area contributed by atoms with Crippen LogP contribution in [0.2, 0.25) is 0 Å². The van der Waals surface area contributed by atoms with Crippen LogP contribution in [0.5, 0.6) is 0 Å². The van der Waals surface area contributed by atoms with E-state index in [-0.39, 0.29) is 18.9 Å². The average Bonchev–Trinajstić information content (AvgIpc) is 2.90. The molecule has 0 fully saturated rings. The quantitative estimate of drug-likeness (QED) is 0.300. The number of halogens is 2. The van der Waals surface area contributed by atoms with Crippen molar-refractivity contribution in [3.05, 3.63) is 131 Å². The lowest BCUT2D eigenvalue weighted by Gasteiger charge is -2.32. The molecule has 0 aliphatic carbocycles. The fourth-order valence-electron chi connectivity index (χ4n) is 4.19. The van der Waals surface area contributed by atoms with Gasteiger partial charge in [-0.05, 0) is 65.2 Å². The number of hydrogen-bond donors (Lipinski definition) is 1. The standard InChI is InChI=1S/C31H29F2N3O2/c1-35(2)28-17-15-27(16-18-28)34-31(38)30(24-9-6-10-26(33)20-24)36(21-23-11-13-25(32)14-12-23)29(37)19-22-7-4-3-5-8-22/h3-18,20,30H,19,21H2,1-2H3,(H,34,38). The molecular weight excluding hydrogens is 484 g/mol. The molecule has 0 aliphatic heterocycles. The topological polar surface area (TPSA) is 52.7 Å². The predicted molar refractivity (Wildman–Crippen MR) is 146 cm³/mol. The molecule has 0 aromatic heterocycles. The Kier molecular flexibility index (Phi) is 8.48. The van der Waals surface area contributed by atoms with E-state index in [4.69, 9.17) is 0 Å². The Morgan fingerprint density at radius 3 is 2.08 bits per heavy atom. The zero-order chi connectivity index (χ0) is 27.1. The van der Waals surface area contributed by atoms with Crippen LogP contribution in [0.4, 0.5) is 20.2 Å². The average molecular weight is 514 g/mol. The zero-order valence-corrected chi connectivity index (χ0v) is 21.3. The van der Waals surface area contributed by atoms with E-state index < -0.39 is 23.6 Å². The summed E-state index contributed by atoms with van der Waals surface area (Å²) in [6.45, 7) is 0.0279. The molecule has 0 aliphatic rings. The first kappa shape index (κ1) is 26.5. The van der Waals surface area contributed by atoms with Crippen molar-refractivity contribution in [3.63, 3.8) is 0 Å². The molecule has 7 heteroatoms. The van der Waals surface area contributed by atoms with Gasteiger partial charge in [0.25, 0.3) is 5.91 Å². The number of amides is 2. The largest absolute Gasteiger partial charge is 0.378 e. The molecule has 0 radical (unpaired) electrons. The molecular formula is C31H29F2N3O2. The number of carbonyl (C=O) groups is 2. The van der Waals surface area contributed by atoms with Crippen molar-refractivity contribution in [2.45, 2.75) is 19.0 Å². The van der Waals surface area contributed by atoms with Crippen molar-refractivity contribution in [2.24, 2.45) is 0 Å². The Labute approximate surface area is 221 Å². The van der Waals surface area contributed by atoms with Crippen molar-refractivity contribution in [1.82, 2.24) is 4.90 Å². The lowest BCUT2D eigenvalue weighted by molar-refractivity contribution is -0.139. The molecule has 194 valence electrons. The Hall–Kier alpha value is -4.52. The van der Waals surface area contributed by atoms with Gasteiger partial charge < -0.3 is 15.1 Å². The van der Waals surface area contributed by atoms with Crippen LogP contribution in [-0.4, -0.2) is 30.8 Å². The zero-order valence-electron chi connectivity index (χ0n) is 21.3. The lowest BCUT2D eigenvalue weighted by atomic mass is 10.0. The first-order valence-corrected chi connectivity index (χ1v) is 12.2. The van der Waals surface area contributed by atoms with E-state index in [1.807, 2.05) is 61.5 Å². The van der Waals surface area contributed by atoms with Gasteiger partial charge in [-0.15, -0.1) is 0 Å². The van der Waals surface area contributed by atoms with Crippen LogP contribution in [0.1, 0.15) is 22.7 Å². The number of benzene rings is 4. The molecule has 38 heavy (non-hydrogen) atoms. The molecule has 1 atom stereocenters. The highest BCUT2D eigenvalue weighted by atomic mass is 19.1. The summed E-state index contributed by atoms with van der Waals surface area (Å²) in [4.78, 5) is 30.9. The lowest BCUT2D eigenvalue weighted by Crippen LogP contribution is -2.41. The van der Waals surface area contributed by atoms with Gasteiger partial charge in [0.1, 0.15) is 17.7 Å². The van der Waals surface area contributed by atoms with E-state index in [2.05, 4.69) is 5.32 Å². The summed E-state index contributed by atoms with van der Waals surface area (Å²) in [6.07, 6.45) is 0.0403. The van der Waals surface area contributed by atoms with Crippen LogP contribution >= 0.6 is 0 Å². The number of nitrogens with one attached hydrogen (secondary N) is 1. The monoisotopic (exact) mass is 513 g/mol. The molecule has 0 spiro atoms. The molecule has 0 saturated heterocycles. The Bertz CT molecular complexity index is 1370. The van der Waals surface area contributed by atoms with Crippen LogP contribution in [0, 0.1) is 11.6 Å². The third kappa shape index (κ3) is 6.82.